The third-order valence-corrected chi connectivity index (χ3v) is 20.5. The average Bonchev–Trinajstić information content (AvgIpc) is 0.765. The molecule has 0 aliphatic carbocycles. The van der Waals surface area contributed by atoms with Crippen molar-refractivity contribution in [1.29, 1.82) is 0 Å². The van der Waals surface area contributed by atoms with E-state index in [-0.39, 0.29) is 57.7 Å². The zero-order chi connectivity index (χ0) is 83.5. The molecule has 39 heteroatoms. The molecule has 7 aliphatic heterocycles. The van der Waals surface area contributed by atoms with Gasteiger partial charge in [0.05, 0.1) is 62.1 Å². The SMILES string of the molecule is CN[C@H](CC(C)C)C(=O)N[C@H]1C(=O)N[C@@H](CC(N)=O)C(=O)NC2C(=O)N[C@H]3C(=O)N[C@H](C(=O)NC(C(=O)NCC(=O)Nc4ccc(OC)c(OC)c4)c4cc(O)cc(O)c4-c4cc3ccc4O)[C@H](O)c3ccc(c(Cl)c3)Oc3cc2cc(c3O[C@@H]2O[C@H](CO)[C@@H](O)[C@H](O)[C@H]2OC2C[C@](C)(N)[C@H](O)[C@H](C)O2)Oc2ccc(cc2Cl)[C@H]1O. The quantitative estimate of drug-likeness (QED) is 0.0566. The summed E-state index contributed by atoms with van der Waals surface area (Å²) in [5.74, 6) is -15.9. The van der Waals surface area contributed by atoms with E-state index < -0.39 is 250 Å². The van der Waals surface area contributed by atoms with Crippen LogP contribution < -0.4 is 83.0 Å². The second kappa shape index (κ2) is 35.5. The van der Waals surface area contributed by atoms with Gasteiger partial charge in [0.2, 0.25) is 65.2 Å². The predicted molar refractivity (Wildman–Crippen MR) is 403 cm³/mol. The highest BCUT2D eigenvalue weighted by atomic mass is 35.5. The number of halogens is 2. The lowest BCUT2D eigenvalue weighted by Gasteiger charge is -2.47. The number of aliphatic hydroxyl groups excluding tert-OH is 6. The number of nitrogens with one attached hydrogen (secondary N) is 9. The van der Waals surface area contributed by atoms with Crippen molar-refractivity contribution in [3.8, 4) is 68.6 Å². The number of primary amides is 1. The van der Waals surface area contributed by atoms with Crippen LogP contribution in [0.15, 0.2) is 97.1 Å². The van der Waals surface area contributed by atoms with Crippen molar-refractivity contribution < 1.29 is 127 Å². The third-order valence-electron chi connectivity index (χ3n) is 19.9. The van der Waals surface area contributed by atoms with Crippen molar-refractivity contribution in [2.75, 3.05) is 39.7 Å². The average molecular weight is 1640 g/mol. The number of phenols is 3. The molecule has 0 aromatic heterocycles. The minimum Gasteiger partial charge on any atom is -0.508 e. The Morgan fingerprint density at radius 2 is 1.31 bits per heavy atom. The number of amides is 9. The van der Waals surface area contributed by atoms with Crippen molar-refractivity contribution >= 4 is 82.1 Å². The lowest BCUT2D eigenvalue weighted by molar-refractivity contribution is -0.333. The minimum atomic E-state index is -2.38. The molecular formula is C76H87Cl2N11O26. The van der Waals surface area contributed by atoms with E-state index in [2.05, 4.69) is 47.9 Å². The number of benzene rings is 6. The van der Waals surface area contributed by atoms with Crippen LogP contribution in [0.25, 0.3) is 11.1 Å². The molecule has 115 heavy (non-hydrogen) atoms. The molecule has 616 valence electrons. The molecule has 7 aliphatic rings. The van der Waals surface area contributed by atoms with Gasteiger partial charge in [0.1, 0.15) is 95.5 Å². The lowest BCUT2D eigenvalue weighted by atomic mass is 9.86. The summed E-state index contributed by atoms with van der Waals surface area (Å²) < 4.78 is 49.2. The van der Waals surface area contributed by atoms with Crippen LogP contribution >= 0.6 is 23.2 Å². The number of aromatic hydroxyl groups is 3. The number of likely N-dealkylation sites (N-methyl/N-ethyl adjacent to an activating group) is 1. The first-order chi connectivity index (χ1) is 54.5. The van der Waals surface area contributed by atoms with Crippen LogP contribution in [0.1, 0.15) is 105 Å². The number of hydrogen-bond acceptors (Lipinski definition) is 28. The maximum Gasteiger partial charge on any atom is 0.248 e. The highest BCUT2D eigenvalue weighted by Gasteiger charge is 2.52. The van der Waals surface area contributed by atoms with Crippen LogP contribution in [0.3, 0.4) is 0 Å². The summed E-state index contributed by atoms with van der Waals surface area (Å²) in [6.45, 7) is 4.79. The van der Waals surface area contributed by atoms with Crippen molar-refractivity contribution in [2.45, 2.75) is 156 Å². The largest absolute Gasteiger partial charge is 0.508 e. The molecule has 6 aromatic rings. The summed E-state index contributed by atoms with van der Waals surface area (Å²) in [5, 5.41) is 127. The summed E-state index contributed by atoms with van der Waals surface area (Å²) >= 11 is 14.3. The van der Waals surface area contributed by atoms with Gasteiger partial charge in [0, 0.05) is 40.9 Å². The number of hydrogen-bond donors (Lipinski definition) is 20. The van der Waals surface area contributed by atoms with Gasteiger partial charge < -0.3 is 143 Å². The fourth-order valence-corrected chi connectivity index (χ4v) is 14.3. The van der Waals surface area contributed by atoms with Gasteiger partial charge in [-0.05, 0) is 128 Å². The smallest absolute Gasteiger partial charge is 0.248 e. The van der Waals surface area contributed by atoms with Gasteiger partial charge in [0.15, 0.2) is 35.4 Å². The number of aliphatic hydroxyl groups is 6. The van der Waals surface area contributed by atoms with Crippen molar-refractivity contribution in [3.63, 3.8) is 0 Å². The topological polar surface area (TPSA) is 570 Å². The van der Waals surface area contributed by atoms with E-state index in [1.165, 1.54) is 65.4 Å². The summed E-state index contributed by atoms with van der Waals surface area (Å²) in [6.07, 6.45) is -18.8. The number of carbonyl (C=O) groups is 9. The van der Waals surface area contributed by atoms with Gasteiger partial charge in [-0.25, -0.2) is 0 Å². The molecule has 6 aromatic carbocycles. The molecule has 22 N–H and O–H groups in total. The lowest BCUT2D eigenvalue weighted by Crippen LogP contribution is -2.64. The number of carbonyl (C=O) groups excluding carboxylic acids is 9. The molecule has 13 rings (SSSR count). The fourth-order valence-electron chi connectivity index (χ4n) is 13.9. The summed E-state index contributed by atoms with van der Waals surface area (Å²) in [7, 11) is 4.22. The van der Waals surface area contributed by atoms with Crippen LogP contribution in [0.5, 0.6) is 57.5 Å². The Kier molecular flexibility index (Phi) is 26.2. The van der Waals surface area contributed by atoms with E-state index in [1.54, 1.807) is 0 Å². The molecule has 37 nitrogen and oxygen atoms in total. The highest BCUT2D eigenvalue weighted by molar-refractivity contribution is 6.32. The monoisotopic (exact) mass is 1640 g/mol. The standard InChI is InChI=1S/C76H87Cl2N11O26/c1-29(2)16-41(81-5)68(101)88-59-61(96)32-9-13-45(39(77)18-32)111-49-20-34-21-50(65(49)115-75-66(64(99)63(98)51(28-90)113-75)114-54-26-76(4,80)67(100)30(3)110-54)112-46-14-10-33(19-40(46)78)62(97)60-74(107)87-58(70(103)82-27-53(95)83-35-11-15-47(108-6)48(22-35)109-7)38-23-36(91)24-44(93)55(38)37-17-31(8-12-43(37)92)56(71(104)89-60)86-72(105)57(34)85-69(102)42(25-52(79)94)84-73(59)106/h8-15,17-24,29-30,41-42,51,54,56-64,66-67,75,81,90-93,96-100H,16,25-28,80H2,1-7H3,(H2,79,94)(H,82,103)(H,83,95)(H,84,106)(H,85,102)(H,86,105)(H,87,107)(H,88,101)(H,89,104)/t30-,41+,42-,51+,54?,56+,57?,58?,59+,60-,61+,62+,63+,64-,66+,67+,75-,76-/m0/s1. The number of rotatable bonds is 18. The maximum absolute atomic E-state index is 16.3. The fraction of sp³-hybridized carbons (Fsp3) is 0.408. The van der Waals surface area contributed by atoms with Crippen molar-refractivity contribution in [2.24, 2.45) is 17.4 Å². The van der Waals surface area contributed by atoms with Gasteiger partial charge in [-0.1, -0.05) is 55.2 Å². The van der Waals surface area contributed by atoms with Crippen LogP contribution in [0.4, 0.5) is 5.69 Å². The maximum atomic E-state index is 16.3. The van der Waals surface area contributed by atoms with E-state index >= 15 is 19.2 Å². The first-order valence-electron chi connectivity index (χ1n) is 36.0. The van der Waals surface area contributed by atoms with Gasteiger partial charge in [0.25, 0.3) is 0 Å². The Hall–Kier alpha value is -10.9. The molecule has 2 fully saturated rings. The first kappa shape index (κ1) is 85.0. The number of phenolic OH excluding ortho intramolecular Hbond substituents is 3. The van der Waals surface area contributed by atoms with E-state index in [4.69, 9.17) is 72.6 Å². The Labute approximate surface area is 665 Å². The number of ether oxygens (including phenoxy) is 8. The molecular weight excluding hydrogens is 1550 g/mol. The normalized spacial score (nSPS) is 27.1. The Morgan fingerprint density at radius 3 is 1.92 bits per heavy atom. The van der Waals surface area contributed by atoms with Crippen LogP contribution in [-0.2, 0) is 57.4 Å². The number of nitrogens with two attached hydrogens (primary N) is 2. The highest BCUT2D eigenvalue weighted by Crippen LogP contribution is 2.50. The molecule has 0 radical (unpaired) electrons. The third kappa shape index (κ3) is 18.7. The van der Waals surface area contributed by atoms with Gasteiger partial charge in [-0.2, -0.15) is 0 Å². The van der Waals surface area contributed by atoms with Crippen molar-refractivity contribution in [3.05, 3.63) is 135 Å². The van der Waals surface area contributed by atoms with Crippen molar-refractivity contribution in [1.82, 2.24) is 42.5 Å². The zero-order valence-electron chi connectivity index (χ0n) is 62.5. The molecule has 0 saturated carbocycles. The molecule has 11 bridgehead atoms. The molecule has 0 spiro atoms. The van der Waals surface area contributed by atoms with Crippen LogP contribution in [0, 0.1) is 5.92 Å². The summed E-state index contributed by atoms with van der Waals surface area (Å²) in [6, 6.07) is 3.71. The van der Waals surface area contributed by atoms with Gasteiger partial charge >= 0.3 is 0 Å². The van der Waals surface area contributed by atoms with E-state index in [9.17, 15) is 69.9 Å². The number of methoxy groups -OCH3 is 2. The molecule has 2 saturated heterocycles. The first-order valence-corrected chi connectivity index (χ1v) is 36.8. The molecule has 3 unspecified atom stereocenters. The molecule has 9 amide bonds. The zero-order valence-corrected chi connectivity index (χ0v) is 64.1. The minimum absolute atomic E-state index is 0.112. The van der Waals surface area contributed by atoms with Gasteiger partial charge in [-0.15, -0.1) is 0 Å². The Balaban J connectivity index is 1.12. The summed E-state index contributed by atoms with van der Waals surface area (Å²) in [4.78, 5) is 134. The van der Waals surface area contributed by atoms with E-state index in [0.717, 1.165) is 66.7 Å². The molecule has 18 atom stereocenters. The molecule has 7 heterocycles. The summed E-state index contributed by atoms with van der Waals surface area (Å²) in [5.41, 5.74) is 8.25. The van der Waals surface area contributed by atoms with Crippen LogP contribution in [0.2, 0.25) is 10.0 Å². The Morgan fingerprint density at radius 1 is 0.687 bits per heavy atom. The Bertz CT molecular complexity index is 4750. The number of fused-ring (bicyclic) bond motifs is 15. The van der Waals surface area contributed by atoms with Crippen LogP contribution in [-0.4, -0.2) is 212 Å². The number of anilines is 1. The second-order valence-corrected chi connectivity index (χ2v) is 29.5. The second-order valence-electron chi connectivity index (χ2n) is 28.7. The predicted octanol–water partition coefficient (Wildman–Crippen LogP) is 0.794. The van der Waals surface area contributed by atoms with Gasteiger partial charge in [-0.3, -0.25) is 43.2 Å². The van der Waals surface area contributed by atoms with E-state index in [0.29, 0.717) is 5.75 Å². The van der Waals surface area contributed by atoms with E-state index in [1.807, 2.05) is 13.8 Å².